The van der Waals surface area contributed by atoms with Gasteiger partial charge in [-0.1, -0.05) is 13.0 Å². The molecule has 1 saturated heterocycles. The van der Waals surface area contributed by atoms with E-state index in [-0.39, 0.29) is 23.5 Å². The fourth-order valence-corrected chi connectivity index (χ4v) is 3.53. The van der Waals surface area contributed by atoms with Crippen LogP contribution < -0.4 is 10.0 Å². The van der Waals surface area contributed by atoms with E-state index in [4.69, 9.17) is 4.74 Å². The summed E-state index contributed by atoms with van der Waals surface area (Å²) in [4.78, 5) is 12.2. The lowest BCUT2D eigenvalue weighted by atomic mass is 10.1. The lowest BCUT2D eigenvalue weighted by Crippen LogP contribution is -2.32. The van der Waals surface area contributed by atoms with Gasteiger partial charge in [-0.05, 0) is 43.9 Å². The molecule has 23 heavy (non-hydrogen) atoms. The van der Waals surface area contributed by atoms with Crippen molar-refractivity contribution in [2.75, 3.05) is 19.7 Å². The number of sulfonamides is 1. The van der Waals surface area contributed by atoms with E-state index in [0.29, 0.717) is 18.7 Å². The highest BCUT2D eigenvalue weighted by atomic mass is 32.2. The Balaban J connectivity index is 2.12. The third-order valence-electron chi connectivity index (χ3n) is 3.82. The molecule has 1 heterocycles. The summed E-state index contributed by atoms with van der Waals surface area (Å²) in [5, 5.41) is 2.77. The van der Waals surface area contributed by atoms with Crippen molar-refractivity contribution in [1.82, 2.24) is 10.0 Å². The molecule has 1 aliphatic rings. The number of carbonyl (C=O) groups excluding carboxylic acids is 1. The van der Waals surface area contributed by atoms with Gasteiger partial charge in [0.1, 0.15) is 0 Å². The molecule has 0 aromatic heterocycles. The van der Waals surface area contributed by atoms with Crippen LogP contribution in [0.4, 0.5) is 0 Å². The molecule has 0 radical (unpaired) electrons. The van der Waals surface area contributed by atoms with Crippen molar-refractivity contribution in [1.29, 1.82) is 0 Å². The Morgan fingerprint density at radius 3 is 2.83 bits per heavy atom. The average molecular weight is 340 g/mol. The highest BCUT2D eigenvalue weighted by Gasteiger charge is 2.21. The lowest BCUT2D eigenvalue weighted by molar-refractivity contribution is 0.0952. The normalized spacial score (nSPS) is 18.1. The Bertz CT molecular complexity index is 652. The predicted molar refractivity (Wildman–Crippen MR) is 88.0 cm³/mol. The second-order valence-electron chi connectivity index (χ2n) is 5.72. The average Bonchev–Trinajstić information content (AvgIpc) is 3.04. The summed E-state index contributed by atoms with van der Waals surface area (Å²) < 4.78 is 32.8. The van der Waals surface area contributed by atoms with Gasteiger partial charge in [-0.3, -0.25) is 4.79 Å². The van der Waals surface area contributed by atoms with Crippen molar-refractivity contribution in [3.05, 3.63) is 29.3 Å². The van der Waals surface area contributed by atoms with Crippen molar-refractivity contribution in [3.63, 3.8) is 0 Å². The molecule has 7 heteroatoms. The third-order valence-corrected chi connectivity index (χ3v) is 5.25. The highest BCUT2D eigenvalue weighted by molar-refractivity contribution is 7.89. The summed E-state index contributed by atoms with van der Waals surface area (Å²) in [7, 11) is -3.65. The molecule has 0 unspecified atom stereocenters. The minimum atomic E-state index is -3.65. The van der Waals surface area contributed by atoms with E-state index in [1.807, 2.05) is 6.92 Å². The number of nitrogens with one attached hydrogen (secondary N) is 2. The molecule has 1 aliphatic heterocycles. The van der Waals surface area contributed by atoms with Gasteiger partial charge in [-0.2, -0.15) is 0 Å². The molecule has 2 N–H and O–H groups in total. The molecule has 1 fully saturated rings. The Labute approximate surface area is 137 Å². The maximum Gasteiger partial charge on any atom is 0.251 e. The first-order chi connectivity index (χ1) is 10.9. The van der Waals surface area contributed by atoms with E-state index in [0.717, 1.165) is 24.8 Å². The maximum absolute atomic E-state index is 12.4. The highest BCUT2D eigenvalue weighted by Crippen LogP contribution is 2.17. The van der Waals surface area contributed by atoms with E-state index in [1.165, 1.54) is 12.1 Å². The Kier molecular flexibility index (Phi) is 6.15. The van der Waals surface area contributed by atoms with Gasteiger partial charge in [0.05, 0.1) is 11.0 Å². The Morgan fingerprint density at radius 1 is 1.39 bits per heavy atom. The number of carbonyl (C=O) groups is 1. The fraction of sp³-hybridized carbons (Fsp3) is 0.562. The van der Waals surface area contributed by atoms with Crippen LogP contribution in [-0.2, 0) is 14.8 Å². The van der Waals surface area contributed by atoms with Crippen LogP contribution in [0.2, 0.25) is 0 Å². The molecule has 0 spiro atoms. The SMILES string of the molecule is CCCNC(=O)c1cc(S(=O)(=O)NC[C@@H]2CCCO2)ccc1C. The fourth-order valence-electron chi connectivity index (χ4n) is 2.44. The second kappa shape index (κ2) is 7.90. The molecule has 1 aromatic carbocycles. The molecule has 1 amide bonds. The van der Waals surface area contributed by atoms with Crippen LogP contribution >= 0.6 is 0 Å². The first-order valence-electron chi connectivity index (χ1n) is 7.94. The van der Waals surface area contributed by atoms with Gasteiger partial charge >= 0.3 is 0 Å². The van der Waals surface area contributed by atoms with Crippen molar-refractivity contribution < 1.29 is 17.9 Å². The van der Waals surface area contributed by atoms with Crippen LogP contribution in [0.25, 0.3) is 0 Å². The molecule has 0 bridgehead atoms. The molecule has 1 aromatic rings. The van der Waals surface area contributed by atoms with Crippen LogP contribution in [0.5, 0.6) is 0 Å². The first kappa shape index (κ1) is 17.9. The zero-order valence-electron chi connectivity index (χ0n) is 13.6. The van der Waals surface area contributed by atoms with E-state index < -0.39 is 10.0 Å². The van der Waals surface area contributed by atoms with Gasteiger partial charge in [-0.15, -0.1) is 0 Å². The summed E-state index contributed by atoms with van der Waals surface area (Å²) in [5.74, 6) is -0.250. The molecule has 0 saturated carbocycles. The zero-order chi connectivity index (χ0) is 16.9. The van der Waals surface area contributed by atoms with Crippen LogP contribution in [0.1, 0.15) is 42.1 Å². The van der Waals surface area contributed by atoms with Crippen molar-refractivity contribution in [3.8, 4) is 0 Å². The topological polar surface area (TPSA) is 84.5 Å². The molecular weight excluding hydrogens is 316 g/mol. The van der Waals surface area contributed by atoms with E-state index in [9.17, 15) is 13.2 Å². The standard InChI is InChI=1S/C16H24N2O4S/c1-3-8-17-16(19)15-10-14(7-6-12(15)2)23(20,21)18-11-13-5-4-9-22-13/h6-7,10,13,18H,3-5,8-9,11H2,1-2H3,(H,17,19)/t13-/m0/s1. The number of aryl methyl sites for hydroxylation is 1. The van der Waals surface area contributed by atoms with Crippen LogP contribution in [-0.4, -0.2) is 40.1 Å². The number of ether oxygens (including phenoxy) is 1. The van der Waals surface area contributed by atoms with Crippen LogP contribution in [0.15, 0.2) is 23.1 Å². The van der Waals surface area contributed by atoms with Crippen LogP contribution in [0, 0.1) is 6.92 Å². The largest absolute Gasteiger partial charge is 0.377 e. The number of hydrogen-bond donors (Lipinski definition) is 2. The smallest absolute Gasteiger partial charge is 0.251 e. The zero-order valence-corrected chi connectivity index (χ0v) is 14.4. The van der Waals surface area contributed by atoms with Crippen molar-refractivity contribution >= 4 is 15.9 Å². The number of hydrogen-bond acceptors (Lipinski definition) is 4. The second-order valence-corrected chi connectivity index (χ2v) is 7.49. The summed E-state index contributed by atoms with van der Waals surface area (Å²) in [6.07, 6.45) is 2.58. The van der Waals surface area contributed by atoms with Crippen molar-refractivity contribution in [2.45, 2.75) is 44.1 Å². The van der Waals surface area contributed by atoms with Gasteiger partial charge in [-0.25, -0.2) is 13.1 Å². The van der Waals surface area contributed by atoms with Gasteiger partial charge in [0.25, 0.3) is 5.91 Å². The molecule has 128 valence electrons. The molecule has 6 nitrogen and oxygen atoms in total. The van der Waals surface area contributed by atoms with Gasteiger partial charge in [0.15, 0.2) is 0 Å². The Morgan fingerprint density at radius 2 is 2.17 bits per heavy atom. The monoisotopic (exact) mass is 340 g/mol. The van der Waals surface area contributed by atoms with Gasteiger partial charge < -0.3 is 10.1 Å². The number of benzene rings is 1. The van der Waals surface area contributed by atoms with E-state index in [1.54, 1.807) is 13.0 Å². The molecule has 0 aliphatic carbocycles. The number of amides is 1. The van der Waals surface area contributed by atoms with Gasteiger partial charge in [0, 0.05) is 25.3 Å². The van der Waals surface area contributed by atoms with E-state index >= 15 is 0 Å². The molecule has 1 atom stereocenters. The summed E-state index contributed by atoms with van der Waals surface area (Å²) in [6, 6.07) is 4.60. The molecule has 2 rings (SSSR count). The third kappa shape index (κ3) is 4.76. The molecular formula is C16H24N2O4S. The van der Waals surface area contributed by atoms with E-state index in [2.05, 4.69) is 10.0 Å². The predicted octanol–water partition coefficient (Wildman–Crippen LogP) is 1.59. The summed E-state index contributed by atoms with van der Waals surface area (Å²) in [6.45, 7) is 5.25. The minimum Gasteiger partial charge on any atom is -0.377 e. The number of rotatable bonds is 7. The summed E-state index contributed by atoms with van der Waals surface area (Å²) in [5.41, 5.74) is 1.13. The Hall–Kier alpha value is -1.44. The summed E-state index contributed by atoms with van der Waals surface area (Å²) >= 11 is 0. The van der Waals surface area contributed by atoms with Crippen LogP contribution in [0.3, 0.4) is 0 Å². The quantitative estimate of drug-likeness (QED) is 0.789. The first-order valence-corrected chi connectivity index (χ1v) is 9.42. The van der Waals surface area contributed by atoms with Crippen molar-refractivity contribution in [2.24, 2.45) is 0 Å². The minimum absolute atomic E-state index is 0.0671. The maximum atomic E-state index is 12.4. The van der Waals surface area contributed by atoms with Gasteiger partial charge in [0.2, 0.25) is 10.0 Å². The lowest BCUT2D eigenvalue weighted by Gasteiger charge is -2.13.